The quantitative estimate of drug-likeness (QED) is 0.836. The highest BCUT2D eigenvalue weighted by molar-refractivity contribution is 5.24. The molecule has 1 N–H and O–H groups in total. The zero-order valence-electron chi connectivity index (χ0n) is 12.8. The fraction of sp³-hybridized carbons (Fsp3) is 0.471. The molecule has 0 spiro atoms. The number of aromatic nitrogens is 2. The van der Waals surface area contributed by atoms with Gasteiger partial charge in [0.15, 0.2) is 0 Å². The van der Waals surface area contributed by atoms with E-state index in [4.69, 9.17) is 0 Å². The van der Waals surface area contributed by atoms with E-state index in [9.17, 15) is 0 Å². The Balaban J connectivity index is 2.03. The van der Waals surface area contributed by atoms with E-state index in [1.165, 1.54) is 16.8 Å². The molecule has 1 atom stereocenters. The SMILES string of the molecule is CCCNC(CCc1ccnn1C)c1ccc(C)cc1. The third-order valence-electron chi connectivity index (χ3n) is 3.73. The molecule has 0 saturated heterocycles. The minimum absolute atomic E-state index is 0.422. The molecule has 20 heavy (non-hydrogen) atoms. The van der Waals surface area contributed by atoms with Crippen molar-refractivity contribution in [3.05, 3.63) is 53.3 Å². The first-order valence-corrected chi connectivity index (χ1v) is 7.47. The van der Waals surface area contributed by atoms with Crippen LogP contribution in [0.1, 0.15) is 42.6 Å². The van der Waals surface area contributed by atoms with E-state index >= 15 is 0 Å². The molecule has 2 aromatic rings. The Morgan fingerprint density at radius 2 is 1.95 bits per heavy atom. The summed E-state index contributed by atoms with van der Waals surface area (Å²) < 4.78 is 1.96. The first kappa shape index (κ1) is 14.8. The summed E-state index contributed by atoms with van der Waals surface area (Å²) in [6, 6.07) is 11.4. The van der Waals surface area contributed by atoms with Crippen LogP contribution >= 0.6 is 0 Å². The smallest absolute Gasteiger partial charge is 0.0492 e. The number of rotatable bonds is 7. The molecule has 0 radical (unpaired) electrons. The molecule has 2 rings (SSSR count). The predicted molar refractivity (Wildman–Crippen MR) is 83.7 cm³/mol. The maximum atomic E-state index is 4.24. The summed E-state index contributed by atoms with van der Waals surface area (Å²) in [7, 11) is 2.01. The highest BCUT2D eigenvalue weighted by Crippen LogP contribution is 2.19. The van der Waals surface area contributed by atoms with Crippen LogP contribution in [0, 0.1) is 6.92 Å². The zero-order chi connectivity index (χ0) is 14.4. The van der Waals surface area contributed by atoms with Crippen molar-refractivity contribution in [1.29, 1.82) is 0 Å². The van der Waals surface area contributed by atoms with Crippen LogP contribution in [0.5, 0.6) is 0 Å². The van der Waals surface area contributed by atoms with Crippen molar-refractivity contribution in [2.45, 2.75) is 39.2 Å². The van der Waals surface area contributed by atoms with E-state index in [1.807, 2.05) is 17.9 Å². The minimum Gasteiger partial charge on any atom is -0.310 e. The summed E-state index contributed by atoms with van der Waals surface area (Å²) in [5, 5.41) is 7.89. The molecule has 3 nitrogen and oxygen atoms in total. The zero-order valence-corrected chi connectivity index (χ0v) is 12.8. The van der Waals surface area contributed by atoms with Crippen LogP contribution in [0.25, 0.3) is 0 Å². The van der Waals surface area contributed by atoms with E-state index in [0.29, 0.717) is 6.04 Å². The van der Waals surface area contributed by atoms with Gasteiger partial charge < -0.3 is 5.32 Å². The standard InChI is InChI=1S/C17H25N3/c1-4-12-18-17(15-7-5-14(2)6-8-15)10-9-16-11-13-19-20(16)3/h5-8,11,13,17-18H,4,9-10,12H2,1-3H3. The van der Waals surface area contributed by atoms with Gasteiger partial charge in [-0.1, -0.05) is 36.8 Å². The number of nitrogens with one attached hydrogen (secondary N) is 1. The lowest BCUT2D eigenvalue weighted by Gasteiger charge is -2.19. The first-order valence-electron chi connectivity index (χ1n) is 7.47. The minimum atomic E-state index is 0.422. The van der Waals surface area contributed by atoms with Crippen LogP contribution in [0.15, 0.2) is 36.5 Å². The molecular weight excluding hydrogens is 246 g/mol. The fourth-order valence-electron chi connectivity index (χ4n) is 2.44. The Labute approximate surface area is 122 Å². The van der Waals surface area contributed by atoms with E-state index < -0.39 is 0 Å². The molecule has 1 unspecified atom stereocenters. The van der Waals surface area contributed by atoms with Crippen molar-refractivity contribution >= 4 is 0 Å². The number of hydrogen-bond donors (Lipinski definition) is 1. The largest absolute Gasteiger partial charge is 0.310 e. The lowest BCUT2D eigenvalue weighted by atomic mass is 9.99. The molecule has 0 aliphatic carbocycles. The van der Waals surface area contributed by atoms with Gasteiger partial charge in [-0.2, -0.15) is 5.10 Å². The van der Waals surface area contributed by atoms with Crippen LogP contribution in [-0.4, -0.2) is 16.3 Å². The van der Waals surface area contributed by atoms with Gasteiger partial charge in [-0.3, -0.25) is 4.68 Å². The summed E-state index contributed by atoms with van der Waals surface area (Å²) >= 11 is 0. The summed E-state index contributed by atoms with van der Waals surface area (Å²) in [6.07, 6.45) is 5.18. The summed E-state index contributed by atoms with van der Waals surface area (Å²) in [5.41, 5.74) is 3.99. The summed E-state index contributed by atoms with van der Waals surface area (Å²) in [5.74, 6) is 0. The van der Waals surface area contributed by atoms with Crippen molar-refractivity contribution < 1.29 is 0 Å². The van der Waals surface area contributed by atoms with Crippen LogP contribution in [0.2, 0.25) is 0 Å². The summed E-state index contributed by atoms with van der Waals surface area (Å²) in [6.45, 7) is 5.40. The lowest BCUT2D eigenvalue weighted by molar-refractivity contribution is 0.491. The first-order chi connectivity index (χ1) is 9.70. The van der Waals surface area contributed by atoms with Gasteiger partial charge >= 0.3 is 0 Å². The molecule has 0 fully saturated rings. The monoisotopic (exact) mass is 271 g/mol. The molecule has 0 aliphatic rings. The van der Waals surface area contributed by atoms with Crippen molar-refractivity contribution in [1.82, 2.24) is 15.1 Å². The molecule has 0 aliphatic heterocycles. The second-order valence-electron chi connectivity index (χ2n) is 5.40. The maximum Gasteiger partial charge on any atom is 0.0492 e. The van der Waals surface area contributed by atoms with Crippen molar-refractivity contribution in [3.63, 3.8) is 0 Å². The maximum absolute atomic E-state index is 4.24. The molecule has 1 heterocycles. The molecule has 3 heteroatoms. The van der Waals surface area contributed by atoms with Gasteiger partial charge in [-0.05, 0) is 44.4 Å². The topological polar surface area (TPSA) is 29.9 Å². The van der Waals surface area contributed by atoms with Crippen LogP contribution < -0.4 is 5.32 Å². The predicted octanol–water partition coefficient (Wildman–Crippen LogP) is 3.40. The molecule has 0 bridgehead atoms. The average molecular weight is 271 g/mol. The highest BCUT2D eigenvalue weighted by atomic mass is 15.2. The molecule has 1 aromatic heterocycles. The molecular formula is C17H25N3. The number of nitrogens with zero attached hydrogens (tertiary/aromatic N) is 2. The molecule has 0 saturated carbocycles. The second kappa shape index (κ2) is 7.25. The normalized spacial score (nSPS) is 12.6. The van der Waals surface area contributed by atoms with Gasteiger partial charge in [0.2, 0.25) is 0 Å². The van der Waals surface area contributed by atoms with E-state index in [2.05, 4.69) is 54.6 Å². The van der Waals surface area contributed by atoms with Crippen LogP contribution in [0.4, 0.5) is 0 Å². The van der Waals surface area contributed by atoms with Crippen molar-refractivity contribution in [2.75, 3.05) is 6.54 Å². The van der Waals surface area contributed by atoms with Gasteiger partial charge in [-0.25, -0.2) is 0 Å². The van der Waals surface area contributed by atoms with Crippen LogP contribution in [0.3, 0.4) is 0 Å². The number of hydrogen-bond acceptors (Lipinski definition) is 2. The van der Waals surface area contributed by atoms with Crippen LogP contribution in [-0.2, 0) is 13.5 Å². The van der Waals surface area contributed by atoms with E-state index in [1.54, 1.807) is 0 Å². The Bertz CT molecular complexity index is 513. The third-order valence-corrected chi connectivity index (χ3v) is 3.73. The lowest BCUT2D eigenvalue weighted by Crippen LogP contribution is -2.23. The Morgan fingerprint density at radius 3 is 2.55 bits per heavy atom. The Hall–Kier alpha value is -1.61. The third kappa shape index (κ3) is 3.94. The Morgan fingerprint density at radius 1 is 1.20 bits per heavy atom. The highest BCUT2D eigenvalue weighted by Gasteiger charge is 2.11. The average Bonchev–Trinajstić information content (AvgIpc) is 2.86. The van der Waals surface area contributed by atoms with Gasteiger partial charge in [0.05, 0.1) is 0 Å². The van der Waals surface area contributed by atoms with Gasteiger partial charge in [-0.15, -0.1) is 0 Å². The second-order valence-corrected chi connectivity index (χ2v) is 5.40. The molecule has 108 valence electrons. The van der Waals surface area contributed by atoms with Crippen molar-refractivity contribution in [3.8, 4) is 0 Å². The molecule has 0 amide bonds. The van der Waals surface area contributed by atoms with E-state index in [-0.39, 0.29) is 0 Å². The molecule has 1 aromatic carbocycles. The van der Waals surface area contributed by atoms with Gasteiger partial charge in [0, 0.05) is 25.0 Å². The van der Waals surface area contributed by atoms with Gasteiger partial charge in [0.1, 0.15) is 0 Å². The fourth-order valence-corrected chi connectivity index (χ4v) is 2.44. The van der Waals surface area contributed by atoms with E-state index in [0.717, 1.165) is 25.8 Å². The Kier molecular flexibility index (Phi) is 5.36. The summed E-state index contributed by atoms with van der Waals surface area (Å²) in [4.78, 5) is 0. The van der Waals surface area contributed by atoms with Gasteiger partial charge in [0.25, 0.3) is 0 Å². The number of benzene rings is 1. The van der Waals surface area contributed by atoms with Crippen molar-refractivity contribution in [2.24, 2.45) is 7.05 Å². The number of aryl methyl sites for hydroxylation is 3.